The van der Waals surface area contributed by atoms with Crippen molar-refractivity contribution in [2.45, 2.75) is 18.5 Å². The third kappa shape index (κ3) is 3.61. The second-order valence-electron chi connectivity index (χ2n) is 6.53. The minimum Gasteiger partial charge on any atom is -0.444 e. The van der Waals surface area contributed by atoms with Gasteiger partial charge in [-0.2, -0.15) is 0 Å². The van der Waals surface area contributed by atoms with Crippen LogP contribution < -0.4 is 5.73 Å². The minimum atomic E-state index is 0.140. The molecule has 4 rings (SSSR count). The minimum absolute atomic E-state index is 0.140. The van der Waals surface area contributed by atoms with E-state index < -0.39 is 0 Å². The number of likely N-dealkylation sites (tertiary alicyclic amines) is 1. The summed E-state index contributed by atoms with van der Waals surface area (Å²) in [6.07, 6.45) is 1.72. The molecule has 4 nitrogen and oxygen atoms in total. The zero-order valence-electron chi connectivity index (χ0n) is 13.8. The molecule has 2 heterocycles. The smallest absolute Gasteiger partial charge is 0.226 e. The number of oxazole rings is 1. The lowest BCUT2D eigenvalue weighted by atomic mass is 9.95. The van der Waals surface area contributed by atoms with Crippen LogP contribution in [0.2, 0.25) is 5.02 Å². The standard InChI is InChI=1S/C20H20ClN3O/c21-16-8-4-7-15(9-16)20-23-17(13-25-20)10-24-11-18(19(22)12-24)14-5-2-1-3-6-14/h1-9,13,18-19H,10-12,22H2/t18-,19+/m0/s1. The fourth-order valence-electron chi connectivity index (χ4n) is 3.46. The lowest BCUT2D eigenvalue weighted by molar-refractivity contribution is 0.319. The van der Waals surface area contributed by atoms with Gasteiger partial charge in [0.15, 0.2) is 0 Å². The molecule has 0 saturated carbocycles. The van der Waals surface area contributed by atoms with Gasteiger partial charge in [-0.3, -0.25) is 4.90 Å². The zero-order valence-corrected chi connectivity index (χ0v) is 14.6. The van der Waals surface area contributed by atoms with Crippen molar-refractivity contribution in [3.63, 3.8) is 0 Å². The van der Waals surface area contributed by atoms with Crippen molar-refractivity contribution in [1.29, 1.82) is 0 Å². The normalized spacial score (nSPS) is 20.9. The molecule has 0 spiro atoms. The highest BCUT2D eigenvalue weighted by Gasteiger charge is 2.31. The Bertz CT molecular complexity index is 849. The number of nitrogens with zero attached hydrogens (tertiary/aromatic N) is 2. The summed E-state index contributed by atoms with van der Waals surface area (Å²) in [5.41, 5.74) is 9.47. The van der Waals surface area contributed by atoms with Gasteiger partial charge in [0.25, 0.3) is 0 Å². The second kappa shape index (κ2) is 7.00. The summed E-state index contributed by atoms with van der Waals surface area (Å²) in [5, 5.41) is 0.675. The second-order valence-corrected chi connectivity index (χ2v) is 6.97. The molecule has 1 aliphatic heterocycles. The molecule has 1 fully saturated rings. The van der Waals surface area contributed by atoms with Crippen LogP contribution in [-0.4, -0.2) is 29.0 Å². The molecule has 2 aromatic carbocycles. The quantitative estimate of drug-likeness (QED) is 0.772. The topological polar surface area (TPSA) is 55.3 Å². The van der Waals surface area contributed by atoms with Crippen molar-refractivity contribution in [3.8, 4) is 11.5 Å². The van der Waals surface area contributed by atoms with E-state index in [1.807, 2.05) is 30.3 Å². The maximum absolute atomic E-state index is 6.37. The Morgan fingerprint density at radius 2 is 1.96 bits per heavy atom. The van der Waals surface area contributed by atoms with Crippen LogP contribution in [0.5, 0.6) is 0 Å². The molecule has 2 atom stereocenters. The first-order valence-corrected chi connectivity index (χ1v) is 8.80. The molecular weight excluding hydrogens is 334 g/mol. The van der Waals surface area contributed by atoms with Crippen LogP contribution >= 0.6 is 11.6 Å². The fraction of sp³-hybridized carbons (Fsp3) is 0.250. The molecule has 0 amide bonds. The predicted octanol–water partition coefficient (Wildman–Crippen LogP) is 3.92. The highest BCUT2D eigenvalue weighted by molar-refractivity contribution is 6.30. The van der Waals surface area contributed by atoms with Gasteiger partial charge in [-0.15, -0.1) is 0 Å². The van der Waals surface area contributed by atoms with E-state index in [9.17, 15) is 0 Å². The van der Waals surface area contributed by atoms with Crippen molar-refractivity contribution >= 4 is 11.6 Å². The summed E-state index contributed by atoms with van der Waals surface area (Å²) in [5.74, 6) is 0.959. The number of hydrogen-bond acceptors (Lipinski definition) is 4. The summed E-state index contributed by atoms with van der Waals surface area (Å²) >= 11 is 6.04. The van der Waals surface area contributed by atoms with Gasteiger partial charge in [-0.25, -0.2) is 4.98 Å². The van der Waals surface area contributed by atoms with E-state index in [2.05, 4.69) is 34.1 Å². The van der Waals surface area contributed by atoms with E-state index in [-0.39, 0.29) is 6.04 Å². The molecule has 0 bridgehead atoms. The molecule has 25 heavy (non-hydrogen) atoms. The Morgan fingerprint density at radius 1 is 1.12 bits per heavy atom. The highest BCUT2D eigenvalue weighted by Crippen LogP contribution is 2.28. The van der Waals surface area contributed by atoms with Crippen LogP contribution in [0.15, 0.2) is 65.3 Å². The van der Waals surface area contributed by atoms with Gasteiger partial charge >= 0.3 is 0 Å². The van der Waals surface area contributed by atoms with Gasteiger partial charge in [0.2, 0.25) is 5.89 Å². The molecule has 0 radical (unpaired) electrons. The van der Waals surface area contributed by atoms with Crippen LogP contribution in [0, 0.1) is 0 Å². The average Bonchev–Trinajstić information content (AvgIpc) is 3.23. The fourth-order valence-corrected chi connectivity index (χ4v) is 3.65. The van der Waals surface area contributed by atoms with Gasteiger partial charge in [-0.1, -0.05) is 48.0 Å². The van der Waals surface area contributed by atoms with Crippen LogP contribution in [0.1, 0.15) is 17.2 Å². The van der Waals surface area contributed by atoms with Crippen LogP contribution in [0.25, 0.3) is 11.5 Å². The number of rotatable bonds is 4. The van der Waals surface area contributed by atoms with Crippen LogP contribution in [0.4, 0.5) is 0 Å². The molecule has 3 aromatic rings. The third-order valence-electron chi connectivity index (χ3n) is 4.68. The molecule has 0 aliphatic carbocycles. The highest BCUT2D eigenvalue weighted by atomic mass is 35.5. The summed E-state index contributed by atoms with van der Waals surface area (Å²) < 4.78 is 5.63. The van der Waals surface area contributed by atoms with E-state index in [1.165, 1.54) is 5.56 Å². The molecule has 1 aromatic heterocycles. The Morgan fingerprint density at radius 3 is 2.76 bits per heavy atom. The Kier molecular flexibility index (Phi) is 4.57. The Hall–Kier alpha value is -2.14. The predicted molar refractivity (Wildman–Crippen MR) is 99.4 cm³/mol. The third-order valence-corrected chi connectivity index (χ3v) is 4.91. The molecule has 1 aliphatic rings. The molecule has 1 saturated heterocycles. The average molecular weight is 354 g/mol. The molecule has 5 heteroatoms. The maximum atomic E-state index is 6.37. The van der Waals surface area contributed by atoms with Gasteiger partial charge in [0, 0.05) is 42.2 Å². The van der Waals surface area contributed by atoms with E-state index in [1.54, 1.807) is 6.26 Å². The van der Waals surface area contributed by atoms with Crippen molar-refractivity contribution in [2.24, 2.45) is 5.73 Å². The number of nitrogens with two attached hydrogens (primary N) is 1. The number of hydrogen-bond donors (Lipinski definition) is 1. The summed E-state index contributed by atoms with van der Waals surface area (Å²) in [6, 6.07) is 18.2. The first kappa shape index (κ1) is 16.3. The zero-order chi connectivity index (χ0) is 17.2. The van der Waals surface area contributed by atoms with E-state index in [0.717, 1.165) is 30.9 Å². The van der Waals surface area contributed by atoms with E-state index in [0.29, 0.717) is 16.8 Å². The monoisotopic (exact) mass is 353 g/mol. The summed E-state index contributed by atoms with van der Waals surface area (Å²) in [7, 11) is 0. The lowest BCUT2D eigenvalue weighted by Gasteiger charge is -2.14. The molecule has 128 valence electrons. The SMILES string of the molecule is N[C@@H]1CN(Cc2coc(-c3cccc(Cl)c3)n2)C[C@H]1c1ccccc1. The van der Waals surface area contributed by atoms with Crippen LogP contribution in [0.3, 0.4) is 0 Å². The van der Waals surface area contributed by atoms with Crippen LogP contribution in [-0.2, 0) is 6.54 Å². The molecular formula is C20H20ClN3O. The summed E-state index contributed by atoms with van der Waals surface area (Å²) in [4.78, 5) is 6.94. The van der Waals surface area contributed by atoms with Crippen molar-refractivity contribution in [1.82, 2.24) is 9.88 Å². The van der Waals surface area contributed by atoms with Gasteiger partial charge in [0.1, 0.15) is 6.26 Å². The van der Waals surface area contributed by atoms with Gasteiger partial charge < -0.3 is 10.2 Å². The Balaban J connectivity index is 1.45. The molecule has 0 unspecified atom stereocenters. The van der Waals surface area contributed by atoms with Crippen molar-refractivity contribution in [3.05, 3.63) is 77.1 Å². The van der Waals surface area contributed by atoms with E-state index >= 15 is 0 Å². The van der Waals surface area contributed by atoms with E-state index in [4.69, 9.17) is 21.8 Å². The van der Waals surface area contributed by atoms with Crippen molar-refractivity contribution < 1.29 is 4.42 Å². The maximum Gasteiger partial charge on any atom is 0.226 e. The number of benzene rings is 2. The van der Waals surface area contributed by atoms with Gasteiger partial charge in [0.05, 0.1) is 5.69 Å². The number of halogens is 1. The first-order valence-electron chi connectivity index (χ1n) is 8.42. The lowest BCUT2D eigenvalue weighted by Crippen LogP contribution is -2.28. The number of aromatic nitrogens is 1. The summed E-state index contributed by atoms with van der Waals surface area (Å²) in [6.45, 7) is 2.53. The first-order chi connectivity index (χ1) is 12.2. The molecule has 2 N–H and O–H groups in total. The Labute approximate surface area is 152 Å². The largest absolute Gasteiger partial charge is 0.444 e. The van der Waals surface area contributed by atoms with Gasteiger partial charge in [-0.05, 0) is 23.8 Å². The van der Waals surface area contributed by atoms with Crippen molar-refractivity contribution in [2.75, 3.05) is 13.1 Å².